The maximum absolute atomic E-state index is 8.60. The monoisotopic (exact) mass is 145 g/mol. The first-order valence-electron chi connectivity index (χ1n) is 1.19. The molecule has 6 nitrogen and oxygen atoms in total. The van der Waals surface area contributed by atoms with Crippen molar-refractivity contribution >= 4 is 6.72 Å². The third kappa shape index (κ3) is 741. The molecule has 0 aromatic carbocycles. The zero-order chi connectivity index (χ0) is 7.21. The molecule has 2 N–H and O–H groups in total. The summed E-state index contributed by atoms with van der Waals surface area (Å²) in [6, 6.07) is 0. The second kappa shape index (κ2) is 4.75. The summed E-state index contributed by atoms with van der Waals surface area (Å²) in [4.78, 5) is 0. The van der Waals surface area contributed by atoms with E-state index < -0.39 is 10.2 Å². The molecule has 0 saturated heterocycles. The molecular formula is CH4ClNO5. The Kier molecular flexibility index (Phi) is 6.27. The van der Waals surface area contributed by atoms with Crippen LogP contribution in [0.3, 0.4) is 0 Å². The first-order chi connectivity index (χ1) is 3.41. The molecule has 7 heteroatoms. The summed E-state index contributed by atoms with van der Waals surface area (Å²) in [6.45, 7) is 2.68. The molecule has 0 bridgehead atoms. The normalized spacial score (nSPS) is 9.00. The van der Waals surface area contributed by atoms with Crippen molar-refractivity contribution < 1.29 is 34.0 Å². The molecule has 0 aliphatic carbocycles. The first-order valence-corrected chi connectivity index (χ1v) is 2.45. The molecule has 0 aromatic rings. The fourth-order valence-electron chi connectivity index (χ4n) is 0. The van der Waals surface area contributed by atoms with Crippen molar-refractivity contribution in [1.82, 2.24) is 0 Å². The zero-order valence-corrected chi connectivity index (χ0v) is 4.42. The smallest absolute Gasteiger partial charge is 0.136 e. The third-order valence-corrected chi connectivity index (χ3v) is 0. The van der Waals surface area contributed by atoms with Gasteiger partial charge in [0.2, 0.25) is 0 Å². The summed E-state index contributed by atoms with van der Waals surface area (Å²) in [5, 5.41) is 9.82. The summed E-state index contributed by atoms with van der Waals surface area (Å²) in [6.07, 6.45) is 0. The SMILES string of the molecule is C=[NH+][O-].[O-][Cl+3]([O-])([O-])O. The van der Waals surface area contributed by atoms with Crippen LogP contribution in [0.5, 0.6) is 0 Å². The van der Waals surface area contributed by atoms with Crippen LogP contribution in [0.1, 0.15) is 0 Å². The first kappa shape index (κ1) is 10.6. The van der Waals surface area contributed by atoms with E-state index in [1.165, 1.54) is 5.16 Å². The topological polar surface area (TPSA) is 126 Å². The lowest BCUT2D eigenvalue weighted by Crippen LogP contribution is -2.58. The average Bonchev–Trinajstić information content (AvgIpc) is 1.27. The molecule has 0 rings (SSSR count). The van der Waals surface area contributed by atoms with Crippen molar-refractivity contribution in [3.05, 3.63) is 5.21 Å². The molecule has 50 valence electrons. The van der Waals surface area contributed by atoms with Gasteiger partial charge in [0, 0.05) is 0 Å². The van der Waals surface area contributed by atoms with E-state index in [4.69, 9.17) is 23.8 Å². The van der Waals surface area contributed by atoms with E-state index in [0.29, 0.717) is 0 Å². The molecule has 0 aliphatic rings. The largest absolute Gasteiger partial charge is 0.626 e. The van der Waals surface area contributed by atoms with Crippen molar-refractivity contribution in [2.75, 3.05) is 0 Å². The maximum atomic E-state index is 8.60. The lowest BCUT2D eigenvalue weighted by Gasteiger charge is -2.03. The Morgan fingerprint density at radius 2 is 1.38 bits per heavy atom. The van der Waals surface area contributed by atoms with Crippen LogP contribution in [0.15, 0.2) is 0 Å². The Balaban J connectivity index is 0. The highest BCUT2D eigenvalue weighted by Crippen LogP contribution is 1.60. The summed E-state index contributed by atoms with van der Waals surface area (Å²) in [7, 11) is -4.69. The molecule has 0 radical (unpaired) electrons. The minimum absolute atomic E-state index is 1.25. The van der Waals surface area contributed by atoms with Crippen LogP contribution >= 0.6 is 0 Å². The number of hydrogen-bond donors (Lipinski definition) is 2. The van der Waals surface area contributed by atoms with Crippen LogP contribution in [0.4, 0.5) is 0 Å². The van der Waals surface area contributed by atoms with E-state index >= 15 is 0 Å². The van der Waals surface area contributed by atoms with Gasteiger partial charge in [0.15, 0.2) is 0 Å². The fourth-order valence-corrected chi connectivity index (χ4v) is 0. The highest BCUT2D eigenvalue weighted by molar-refractivity contribution is 5.12. The molecule has 0 amide bonds. The predicted octanol–water partition coefficient (Wildman–Crippen LogP) is -5.86. The molecule has 0 aromatic heterocycles. The Hall–Kier alpha value is -0.400. The van der Waals surface area contributed by atoms with Crippen LogP contribution < -0.4 is 19.1 Å². The second-order valence-electron chi connectivity index (χ2n) is 0.540. The highest BCUT2D eigenvalue weighted by atomic mass is 35.7. The van der Waals surface area contributed by atoms with Crippen molar-refractivity contribution in [1.29, 1.82) is 0 Å². The molecule has 0 saturated carbocycles. The van der Waals surface area contributed by atoms with Gasteiger partial charge >= 0.3 is 0 Å². The van der Waals surface area contributed by atoms with Gasteiger partial charge in [-0.2, -0.15) is 14.0 Å². The Morgan fingerprint density at radius 3 is 1.38 bits per heavy atom. The summed E-state index contributed by atoms with van der Waals surface area (Å²) >= 11 is 0. The minimum atomic E-state index is -4.69. The number of rotatable bonds is 0. The summed E-state index contributed by atoms with van der Waals surface area (Å²) < 4.78 is 32.7. The number of hydrogen-bond acceptors (Lipinski definition) is 5. The zero-order valence-electron chi connectivity index (χ0n) is 3.67. The molecule has 8 heavy (non-hydrogen) atoms. The van der Waals surface area contributed by atoms with E-state index in [-0.39, 0.29) is 0 Å². The van der Waals surface area contributed by atoms with Gasteiger partial charge in [-0.15, -0.1) is 0 Å². The lowest BCUT2D eigenvalue weighted by molar-refractivity contribution is -1.92. The van der Waals surface area contributed by atoms with E-state index in [1.807, 2.05) is 0 Å². The van der Waals surface area contributed by atoms with Gasteiger partial charge < -0.3 is 5.21 Å². The van der Waals surface area contributed by atoms with Crippen LogP contribution in [0.25, 0.3) is 0 Å². The van der Waals surface area contributed by atoms with Gasteiger partial charge in [-0.1, -0.05) is 0 Å². The highest BCUT2D eigenvalue weighted by Gasteiger charge is 1.98. The molecule has 0 unspecified atom stereocenters. The standard InChI is InChI=1S/CH3NO.ClHO4/c1-2-3;2-1(3,4)5/h2H,1H2;(H,2,3,4,5). The van der Waals surface area contributed by atoms with Crippen molar-refractivity contribution in [3.63, 3.8) is 0 Å². The Bertz CT molecular complexity index is 51.9. The molecule has 0 heterocycles. The molecular weight excluding hydrogens is 141 g/mol. The van der Waals surface area contributed by atoms with Gasteiger partial charge in [-0.05, 0) is 0 Å². The summed E-state index contributed by atoms with van der Waals surface area (Å²) in [5.41, 5.74) is 0. The number of nitrogens with one attached hydrogen (secondary N) is 1. The third-order valence-electron chi connectivity index (χ3n) is 0. The molecule has 0 fully saturated rings. The van der Waals surface area contributed by atoms with Gasteiger partial charge in [-0.25, -0.2) is 5.16 Å². The van der Waals surface area contributed by atoms with Crippen molar-refractivity contribution in [2.45, 2.75) is 0 Å². The van der Waals surface area contributed by atoms with E-state index in [9.17, 15) is 0 Å². The van der Waals surface area contributed by atoms with Crippen LogP contribution in [-0.2, 0) is 0 Å². The van der Waals surface area contributed by atoms with Gasteiger partial charge in [-0.3, -0.25) is 0 Å². The maximum Gasteiger partial charge on any atom is 0.136 e. The van der Waals surface area contributed by atoms with Gasteiger partial charge in [0.1, 0.15) is 6.72 Å². The lowest BCUT2D eigenvalue weighted by atomic mass is 11.8. The predicted molar refractivity (Wildman–Crippen MR) is 13.7 cm³/mol. The van der Waals surface area contributed by atoms with E-state index in [1.54, 1.807) is 0 Å². The fraction of sp³-hybridized carbons (Fsp3) is 0. The second-order valence-corrected chi connectivity index (χ2v) is 1.33. The van der Waals surface area contributed by atoms with Gasteiger partial charge in [0.25, 0.3) is 0 Å². The van der Waals surface area contributed by atoms with Crippen LogP contribution in [-0.4, -0.2) is 11.4 Å². The molecule has 0 spiro atoms. The quantitative estimate of drug-likeness (QED) is 0.199. The molecule has 0 atom stereocenters. The van der Waals surface area contributed by atoms with E-state index in [0.717, 1.165) is 0 Å². The van der Waals surface area contributed by atoms with Gasteiger partial charge in [0.05, 0.1) is 14.9 Å². The average molecular weight is 145 g/mol. The Morgan fingerprint density at radius 1 is 1.38 bits per heavy atom. The summed E-state index contributed by atoms with van der Waals surface area (Å²) in [5.74, 6) is 0. The van der Waals surface area contributed by atoms with Crippen molar-refractivity contribution in [3.8, 4) is 0 Å². The molecule has 0 aliphatic heterocycles. The number of halogens is 1. The van der Waals surface area contributed by atoms with E-state index in [2.05, 4.69) is 6.72 Å². The van der Waals surface area contributed by atoms with Crippen molar-refractivity contribution in [2.24, 2.45) is 0 Å². The van der Waals surface area contributed by atoms with Crippen LogP contribution in [0, 0.1) is 15.5 Å². The van der Waals surface area contributed by atoms with Crippen LogP contribution in [0.2, 0.25) is 0 Å². The Labute approximate surface area is 47.0 Å². The minimum Gasteiger partial charge on any atom is -0.626 e.